The van der Waals surface area contributed by atoms with Gasteiger partial charge in [0.2, 0.25) is 5.91 Å². The van der Waals surface area contributed by atoms with Crippen molar-refractivity contribution in [2.45, 2.75) is 18.1 Å². The maximum Gasteiger partial charge on any atom is 0.286 e. The molecule has 5 heteroatoms. The van der Waals surface area contributed by atoms with Crippen LogP contribution in [-0.4, -0.2) is 21.3 Å². The van der Waals surface area contributed by atoms with Crippen molar-refractivity contribution in [3.05, 3.63) is 23.8 Å². The van der Waals surface area contributed by atoms with Crippen molar-refractivity contribution in [3.63, 3.8) is 0 Å². The molecule has 1 heterocycles. The highest BCUT2D eigenvalue weighted by Gasteiger charge is 2.31. The Morgan fingerprint density at radius 2 is 2.27 bits per heavy atom. The van der Waals surface area contributed by atoms with Gasteiger partial charge in [0.15, 0.2) is 0 Å². The van der Waals surface area contributed by atoms with Crippen LogP contribution in [0, 0.1) is 0 Å². The Morgan fingerprint density at radius 3 is 2.80 bits per heavy atom. The van der Waals surface area contributed by atoms with E-state index in [0.29, 0.717) is 6.42 Å². The molecule has 15 heavy (non-hydrogen) atoms. The van der Waals surface area contributed by atoms with E-state index in [-0.39, 0.29) is 16.4 Å². The van der Waals surface area contributed by atoms with E-state index in [4.69, 9.17) is 12.2 Å². The monoisotopic (exact) mass is 239 g/mol. The quantitative estimate of drug-likeness (QED) is 0.748. The molecule has 0 spiro atoms. The van der Waals surface area contributed by atoms with Crippen molar-refractivity contribution in [2.75, 3.05) is 0 Å². The van der Waals surface area contributed by atoms with Crippen LogP contribution >= 0.6 is 24.0 Å². The van der Waals surface area contributed by atoms with Gasteiger partial charge >= 0.3 is 0 Å². The number of carbonyl (C=O) groups is 2. The molecule has 1 aliphatic carbocycles. The van der Waals surface area contributed by atoms with Gasteiger partial charge < -0.3 is 0 Å². The van der Waals surface area contributed by atoms with Gasteiger partial charge in [-0.05, 0) is 18.1 Å². The second-order valence-corrected chi connectivity index (χ2v) is 5.07. The Kier molecular flexibility index (Phi) is 3.02. The van der Waals surface area contributed by atoms with Crippen LogP contribution < -0.4 is 5.32 Å². The van der Waals surface area contributed by atoms with Crippen molar-refractivity contribution < 1.29 is 9.59 Å². The maximum absolute atomic E-state index is 11.3. The zero-order valence-electron chi connectivity index (χ0n) is 7.86. The Morgan fingerprint density at radius 1 is 1.47 bits per heavy atom. The molecule has 0 aromatic carbocycles. The highest BCUT2D eigenvalue weighted by molar-refractivity contribution is 8.15. The number of rotatable bonds is 2. The van der Waals surface area contributed by atoms with Crippen LogP contribution in [0.25, 0.3) is 0 Å². The van der Waals surface area contributed by atoms with E-state index in [9.17, 15) is 9.59 Å². The second kappa shape index (κ2) is 4.28. The smallest absolute Gasteiger partial charge is 0.286 e. The number of allylic oxidation sites excluding steroid dienone is 4. The topological polar surface area (TPSA) is 46.2 Å². The maximum atomic E-state index is 11.3. The van der Waals surface area contributed by atoms with Gasteiger partial charge in [-0.15, -0.1) is 0 Å². The molecule has 1 N–H and O–H groups in total. The van der Waals surface area contributed by atoms with Crippen LogP contribution in [0.3, 0.4) is 0 Å². The number of hydrogen-bond acceptors (Lipinski definition) is 4. The van der Waals surface area contributed by atoms with Gasteiger partial charge in [0.05, 0.1) is 5.25 Å². The molecule has 0 bridgehead atoms. The third-order valence-corrected chi connectivity index (χ3v) is 3.52. The number of carbonyl (C=O) groups excluding carboxylic acids is 2. The summed E-state index contributed by atoms with van der Waals surface area (Å²) in [6.07, 6.45) is 7.17. The fourth-order valence-electron chi connectivity index (χ4n) is 1.46. The first kappa shape index (κ1) is 10.6. The molecule has 0 aromatic rings. The number of hydrogen-bond donors (Lipinski definition) is 1. The molecule has 2 amide bonds. The first-order chi connectivity index (χ1) is 7.15. The Bertz CT molecular complexity index is 398. The number of imide groups is 1. The van der Waals surface area contributed by atoms with E-state index in [1.165, 1.54) is 0 Å². The second-order valence-electron chi connectivity index (χ2n) is 3.37. The van der Waals surface area contributed by atoms with Crippen molar-refractivity contribution in [3.8, 4) is 0 Å². The van der Waals surface area contributed by atoms with Crippen molar-refractivity contribution in [2.24, 2.45) is 0 Å². The fourth-order valence-corrected chi connectivity index (χ4v) is 2.47. The average Bonchev–Trinajstić information content (AvgIpc) is 2.49. The molecule has 1 saturated heterocycles. The third-order valence-electron chi connectivity index (χ3n) is 2.24. The number of amides is 2. The summed E-state index contributed by atoms with van der Waals surface area (Å²) < 4.78 is 0. The molecule has 1 unspecified atom stereocenters. The highest BCUT2D eigenvalue weighted by atomic mass is 32.2. The summed E-state index contributed by atoms with van der Waals surface area (Å²) in [7, 11) is 0. The summed E-state index contributed by atoms with van der Waals surface area (Å²) in [6, 6.07) is 0. The Balaban J connectivity index is 1.98. The van der Waals surface area contributed by atoms with Crippen molar-refractivity contribution in [1.29, 1.82) is 0 Å². The minimum absolute atomic E-state index is 0.188. The zero-order valence-corrected chi connectivity index (χ0v) is 9.49. The molecule has 78 valence electrons. The lowest BCUT2D eigenvalue weighted by Crippen LogP contribution is -2.24. The van der Waals surface area contributed by atoms with Crippen molar-refractivity contribution >= 4 is 40.0 Å². The lowest BCUT2D eigenvalue weighted by Gasteiger charge is -2.09. The van der Waals surface area contributed by atoms with E-state index < -0.39 is 0 Å². The Hall–Kier alpha value is -0.940. The molecule has 0 aromatic heterocycles. The summed E-state index contributed by atoms with van der Waals surface area (Å²) in [4.78, 5) is 23.1. The van der Waals surface area contributed by atoms with E-state index in [0.717, 1.165) is 28.6 Å². The van der Waals surface area contributed by atoms with Gasteiger partial charge in [0.25, 0.3) is 5.24 Å². The van der Waals surface area contributed by atoms with E-state index in [1.807, 2.05) is 18.2 Å². The van der Waals surface area contributed by atoms with Gasteiger partial charge in [-0.2, -0.15) is 0 Å². The first-order valence-corrected chi connectivity index (χ1v) is 5.85. The lowest BCUT2D eigenvalue weighted by atomic mass is 10.0. The lowest BCUT2D eigenvalue weighted by molar-refractivity contribution is -0.118. The van der Waals surface area contributed by atoms with Crippen LogP contribution in [0.4, 0.5) is 4.79 Å². The molecule has 2 aliphatic rings. The van der Waals surface area contributed by atoms with Crippen LogP contribution in [-0.2, 0) is 4.79 Å². The SMILES string of the molecule is O=C1NC(=O)C(CC2=CCC(=S)C=C2)S1. The predicted molar refractivity (Wildman–Crippen MR) is 64.0 cm³/mol. The normalized spacial score (nSPS) is 25.5. The summed E-state index contributed by atoms with van der Waals surface area (Å²) in [5, 5.41) is 1.75. The minimum Gasteiger partial charge on any atom is -0.286 e. The molecule has 3 nitrogen and oxygen atoms in total. The largest absolute Gasteiger partial charge is 0.286 e. The zero-order chi connectivity index (χ0) is 10.8. The summed E-state index contributed by atoms with van der Waals surface area (Å²) in [5.74, 6) is -0.188. The van der Waals surface area contributed by atoms with Gasteiger partial charge in [-0.25, -0.2) is 0 Å². The van der Waals surface area contributed by atoms with Gasteiger partial charge in [-0.1, -0.05) is 36.1 Å². The van der Waals surface area contributed by atoms with E-state index in [2.05, 4.69) is 5.32 Å². The number of thioether (sulfide) groups is 1. The molecule has 0 radical (unpaired) electrons. The molecule has 1 aliphatic heterocycles. The van der Waals surface area contributed by atoms with E-state index in [1.54, 1.807) is 0 Å². The molecular formula is C10H9NO2S2. The molecule has 0 saturated carbocycles. The van der Waals surface area contributed by atoms with Crippen LogP contribution in [0.1, 0.15) is 12.8 Å². The van der Waals surface area contributed by atoms with Crippen molar-refractivity contribution in [1.82, 2.24) is 5.32 Å². The predicted octanol–water partition coefficient (Wildman–Crippen LogP) is 1.98. The highest BCUT2D eigenvalue weighted by Crippen LogP contribution is 2.26. The third kappa shape index (κ3) is 2.54. The molecule has 1 fully saturated rings. The summed E-state index contributed by atoms with van der Waals surface area (Å²) >= 11 is 6.07. The van der Waals surface area contributed by atoms with Gasteiger partial charge in [-0.3, -0.25) is 14.9 Å². The van der Waals surface area contributed by atoms with Gasteiger partial charge in [0, 0.05) is 11.3 Å². The van der Waals surface area contributed by atoms with Crippen LogP contribution in [0.15, 0.2) is 23.8 Å². The van der Waals surface area contributed by atoms with Crippen LogP contribution in [0.5, 0.6) is 0 Å². The number of thiocarbonyl (C=S) groups is 1. The fraction of sp³-hybridized carbons (Fsp3) is 0.300. The molecule has 2 rings (SSSR count). The van der Waals surface area contributed by atoms with Gasteiger partial charge in [0.1, 0.15) is 0 Å². The number of nitrogens with one attached hydrogen (secondary N) is 1. The Labute approximate surface area is 97.0 Å². The summed E-state index contributed by atoms with van der Waals surface area (Å²) in [6.45, 7) is 0. The van der Waals surface area contributed by atoms with Crippen LogP contribution in [0.2, 0.25) is 0 Å². The van der Waals surface area contributed by atoms with E-state index >= 15 is 0 Å². The molecule has 1 atom stereocenters. The molecular weight excluding hydrogens is 230 g/mol. The standard InChI is InChI=1S/C10H9NO2S2/c12-9-8(15-10(13)11-9)5-6-1-3-7(14)4-2-6/h1-3,8H,4-5H2,(H,11,12,13). The average molecular weight is 239 g/mol. The summed E-state index contributed by atoms with van der Waals surface area (Å²) in [5.41, 5.74) is 1.07. The first-order valence-electron chi connectivity index (χ1n) is 4.56. The minimum atomic E-state index is -0.278.